The summed E-state index contributed by atoms with van der Waals surface area (Å²) in [7, 11) is -6.74. The van der Waals surface area contributed by atoms with Gasteiger partial charge in [0.1, 0.15) is 14.7 Å². The lowest BCUT2D eigenvalue weighted by Crippen LogP contribution is -2.41. The van der Waals surface area contributed by atoms with E-state index in [0.717, 1.165) is 0 Å². The molecule has 3 N–H and O–H groups in total. The molecule has 1 aromatic heterocycles. The molecule has 0 spiro atoms. The van der Waals surface area contributed by atoms with Crippen molar-refractivity contribution in [2.45, 2.75) is 30.3 Å². The number of rotatable bonds is 4. The lowest BCUT2D eigenvalue weighted by molar-refractivity contribution is 0.504. The molecular formula is C11H17N3O4S2. The number of nitrogens with one attached hydrogen (secondary N) is 1. The third kappa shape index (κ3) is 3.54. The second-order valence-electron chi connectivity index (χ2n) is 4.70. The Morgan fingerprint density at radius 2 is 2.00 bits per heavy atom. The summed E-state index contributed by atoms with van der Waals surface area (Å²) in [6, 6.07) is 2.60. The first-order valence-electron chi connectivity index (χ1n) is 6.21. The van der Waals surface area contributed by atoms with Gasteiger partial charge in [-0.15, -0.1) is 0 Å². The van der Waals surface area contributed by atoms with Gasteiger partial charge >= 0.3 is 0 Å². The van der Waals surface area contributed by atoms with Crippen molar-refractivity contribution in [3.8, 4) is 0 Å². The molecule has 0 amide bonds. The summed E-state index contributed by atoms with van der Waals surface area (Å²) in [5.74, 6) is 0.0218. The van der Waals surface area contributed by atoms with Crippen LogP contribution in [0.3, 0.4) is 0 Å². The van der Waals surface area contributed by atoms with E-state index in [4.69, 9.17) is 5.73 Å². The summed E-state index contributed by atoms with van der Waals surface area (Å²) in [6.07, 6.45) is 2.06. The molecule has 1 fully saturated rings. The average molecular weight is 319 g/mol. The number of pyridine rings is 1. The highest BCUT2D eigenvalue weighted by Gasteiger charge is 2.28. The number of nitrogens with two attached hydrogens (primary N) is 1. The molecule has 9 heteroatoms. The van der Waals surface area contributed by atoms with Gasteiger partial charge in [0.25, 0.3) is 0 Å². The minimum absolute atomic E-state index is 0.0109. The van der Waals surface area contributed by atoms with Gasteiger partial charge in [-0.25, -0.2) is 21.6 Å². The first-order chi connectivity index (χ1) is 9.34. The van der Waals surface area contributed by atoms with E-state index in [1.807, 2.05) is 0 Å². The monoisotopic (exact) mass is 319 g/mol. The average Bonchev–Trinajstić information content (AvgIpc) is 2.41. The highest BCUT2D eigenvalue weighted by atomic mass is 32.2. The molecule has 1 aliphatic rings. The molecule has 0 bridgehead atoms. The predicted molar refractivity (Wildman–Crippen MR) is 74.1 cm³/mol. The minimum atomic E-state index is -3.73. The summed E-state index contributed by atoms with van der Waals surface area (Å²) in [4.78, 5) is 3.99. The molecule has 0 aliphatic carbocycles. The van der Waals surface area contributed by atoms with E-state index in [1.54, 1.807) is 0 Å². The van der Waals surface area contributed by atoms with Crippen LogP contribution < -0.4 is 10.5 Å². The fourth-order valence-corrected chi connectivity index (χ4v) is 5.11. The van der Waals surface area contributed by atoms with Gasteiger partial charge in [-0.05, 0) is 25.0 Å². The second kappa shape index (κ2) is 5.76. The van der Waals surface area contributed by atoms with Crippen LogP contribution in [0.4, 0.5) is 0 Å². The zero-order valence-corrected chi connectivity index (χ0v) is 12.5. The third-order valence-electron chi connectivity index (χ3n) is 3.21. The van der Waals surface area contributed by atoms with Crippen molar-refractivity contribution in [3.05, 3.63) is 24.0 Å². The van der Waals surface area contributed by atoms with Crippen LogP contribution >= 0.6 is 0 Å². The van der Waals surface area contributed by atoms with Crippen molar-refractivity contribution in [2.24, 2.45) is 5.73 Å². The van der Waals surface area contributed by atoms with Crippen LogP contribution in [-0.2, 0) is 26.4 Å². The molecule has 1 saturated heterocycles. The van der Waals surface area contributed by atoms with Gasteiger partial charge in [-0.1, -0.05) is 0 Å². The summed E-state index contributed by atoms with van der Waals surface area (Å²) in [6.45, 7) is 0.0239. The highest BCUT2D eigenvalue weighted by Crippen LogP contribution is 2.17. The van der Waals surface area contributed by atoms with E-state index in [9.17, 15) is 16.8 Å². The van der Waals surface area contributed by atoms with Crippen molar-refractivity contribution < 1.29 is 16.8 Å². The van der Waals surface area contributed by atoms with Gasteiger partial charge in [0.15, 0.2) is 0 Å². The topological polar surface area (TPSA) is 119 Å². The molecule has 1 aromatic rings. The van der Waals surface area contributed by atoms with E-state index in [2.05, 4.69) is 9.71 Å². The Morgan fingerprint density at radius 1 is 1.35 bits per heavy atom. The minimum Gasteiger partial charge on any atom is -0.325 e. The number of sulfone groups is 1. The standard InChI is InChI=1S/C11H17N3O4S2/c12-8-10-11(2-1-5-13-10)20(17,18)14-9-3-6-19(15,16)7-4-9/h1-2,5,9,14H,3-4,6-8,12H2. The Kier molecular flexibility index (Phi) is 4.43. The fraction of sp³-hybridized carbons (Fsp3) is 0.545. The SMILES string of the molecule is NCc1ncccc1S(=O)(=O)NC1CCS(=O)(=O)CC1. The van der Waals surface area contributed by atoms with E-state index in [0.29, 0.717) is 18.5 Å². The Labute approximate surface area is 118 Å². The number of aromatic nitrogens is 1. The molecule has 7 nitrogen and oxygen atoms in total. The number of nitrogens with zero attached hydrogens (tertiary/aromatic N) is 1. The van der Waals surface area contributed by atoms with Gasteiger partial charge in [-0.3, -0.25) is 4.98 Å². The first-order valence-corrected chi connectivity index (χ1v) is 9.51. The molecule has 0 atom stereocenters. The summed E-state index contributed by atoms with van der Waals surface area (Å²) < 4.78 is 49.8. The molecule has 2 rings (SSSR count). The zero-order chi connectivity index (χ0) is 14.8. The van der Waals surface area contributed by atoms with Gasteiger partial charge in [0.2, 0.25) is 10.0 Å². The van der Waals surface area contributed by atoms with Crippen LogP contribution in [0.25, 0.3) is 0 Å². The molecule has 112 valence electrons. The normalized spacial score (nSPS) is 19.9. The Hall–Kier alpha value is -1.03. The van der Waals surface area contributed by atoms with E-state index < -0.39 is 19.9 Å². The second-order valence-corrected chi connectivity index (χ2v) is 8.69. The molecule has 20 heavy (non-hydrogen) atoms. The van der Waals surface area contributed by atoms with Crippen molar-refractivity contribution in [2.75, 3.05) is 11.5 Å². The predicted octanol–water partition coefficient (Wildman–Crippen LogP) is -0.604. The van der Waals surface area contributed by atoms with Crippen molar-refractivity contribution >= 4 is 19.9 Å². The smallest absolute Gasteiger partial charge is 0.242 e. The molecular weight excluding hydrogens is 302 g/mol. The van der Waals surface area contributed by atoms with Gasteiger partial charge in [0.05, 0.1) is 17.2 Å². The van der Waals surface area contributed by atoms with Gasteiger partial charge < -0.3 is 5.73 Å². The Morgan fingerprint density at radius 3 is 2.60 bits per heavy atom. The van der Waals surface area contributed by atoms with Crippen LogP contribution in [0.1, 0.15) is 18.5 Å². The highest BCUT2D eigenvalue weighted by molar-refractivity contribution is 7.91. The van der Waals surface area contributed by atoms with Crippen molar-refractivity contribution in [1.82, 2.24) is 9.71 Å². The lowest BCUT2D eigenvalue weighted by Gasteiger charge is -2.23. The molecule has 0 radical (unpaired) electrons. The maximum absolute atomic E-state index is 12.3. The number of sulfonamides is 1. The van der Waals surface area contributed by atoms with E-state index in [1.165, 1.54) is 18.3 Å². The molecule has 0 saturated carbocycles. The summed E-state index contributed by atoms with van der Waals surface area (Å²) >= 11 is 0. The first kappa shape index (κ1) is 15.4. The van der Waals surface area contributed by atoms with E-state index in [-0.39, 0.29) is 29.0 Å². The van der Waals surface area contributed by atoms with Crippen molar-refractivity contribution in [1.29, 1.82) is 0 Å². The lowest BCUT2D eigenvalue weighted by atomic mass is 10.2. The van der Waals surface area contributed by atoms with Crippen LogP contribution in [0, 0.1) is 0 Å². The largest absolute Gasteiger partial charge is 0.325 e. The Bertz CT molecular complexity index is 671. The third-order valence-corrected chi connectivity index (χ3v) is 6.52. The van der Waals surface area contributed by atoms with Gasteiger partial charge in [0, 0.05) is 18.8 Å². The summed E-state index contributed by atoms with van der Waals surface area (Å²) in [5.41, 5.74) is 5.78. The Balaban J connectivity index is 2.16. The summed E-state index contributed by atoms with van der Waals surface area (Å²) in [5, 5.41) is 0. The zero-order valence-electron chi connectivity index (χ0n) is 10.8. The van der Waals surface area contributed by atoms with E-state index >= 15 is 0 Å². The molecule has 0 unspecified atom stereocenters. The van der Waals surface area contributed by atoms with Crippen LogP contribution in [0.15, 0.2) is 23.2 Å². The van der Waals surface area contributed by atoms with Crippen molar-refractivity contribution in [3.63, 3.8) is 0 Å². The number of hydrogen-bond donors (Lipinski definition) is 2. The van der Waals surface area contributed by atoms with Crippen LogP contribution in [-0.4, -0.2) is 39.4 Å². The van der Waals surface area contributed by atoms with Crippen LogP contribution in [0.5, 0.6) is 0 Å². The molecule has 2 heterocycles. The quantitative estimate of drug-likeness (QED) is 0.764. The fourth-order valence-electron chi connectivity index (χ4n) is 2.11. The molecule has 1 aliphatic heterocycles. The number of hydrogen-bond acceptors (Lipinski definition) is 6. The molecule has 0 aromatic carbocycles. The van der Waals surface area contributed by atoms with Crippen LogP contribution in [0.2, 0.25) is 0 Å². The van der Waals surface area contributed by atoms with Gasteiger partial charge in [-0.2, -0.15) is 0 Å². The maximum atomic E-state index is 12.3. The maximum Gasteiger partial charge on any atom is 0.242 e.